The van der Waals surface area contributed by atoms with Gasteiger partial charge in [0.25, 0.3) is 10.1 Å². The fraction of sp³-hybridized carbons (Fsp3) is 0.556. The van der Waals surface area contributed by atoms with Crippen LogP contribution < -0.4 is 11.1 Å². The number of amides is 1. The van der Waals surface area contributed by atoms with Crippen LogP contribution in [0, 0.1) is 0 Å². The Morgan fingerprint density at radius 1 is 1.72 bits per heavy atom. The first-order valence-electron chi connectivity index (χ1n) is 6.09. The van der Waals surface area contributed by atoms with Crippen molar-refractivity contribution in [1.29, 1.82) is 0 Å². The molecule has 1 heterocycles. The Bertz CT molecular complexity index is 546. The Labute approximate surface area is 108 Å². The van der Waals surface area contributed by atoms with Gasteiger partial charge in [0.1, 0.15) is 0 Å². The van der Waals surface area contributed by atoms with E-state index < -0.39 is 40.7 Å². The Morgan fingerprint density at radius 2 is 2.44 bits per heavy atom. The highest BCUT2D eigenvalue weighted by molar-refractivity contribution is 7.85. The molecule has 0 unspecified atom stereocenters. The van der Waals surface area contributed by atoms with E-state index in [0.717, 1.165) is 0 Å². The lowest BCUT2D eigenvalue weighted by Gasteiger charge is -2.10. The van der Waals surface area contributed by atoms with Crippen molar-refractivity contribution < 1.29 is 20.5 Å². The normalized spacial score (nSPS) is 15.7. The number of aromatic nitrogens is 2. The van der Waals surface area contributed by atoms with Crippen LogP contribution in [0.4, 0.5) is 0 Å². The average Bonchev–Trinajstić information content (AvgIpc) is 2.78. The summed E-state index contributed by atoms with van der Waals surface area (Å²) in [5.74, 6) is -1.56. The first-order valence-corrected chi connectivity index (χ1v) is 6.70. The number of nitrogens with zero attached hydrogens (tertiary/aromatic N) is 1. The van der Waals surface area contributed by atoms with Crippen LogP contribution in [0.3, 0.4) is 0 Å². The molecule has 0 saturated carbocycles. The number of hydrogen-bond donors (Lipinski definition) is 4. The topological polar surface area (TPSA) is 138 Å². The lowest BCUT2D eigenvalue weighted by molar-refractivity contribution is -0.122. The molecule has 0 fully saturated rings. The van der Waals surface area contributed by atoms with Crippen LogP contribution in [0.2, 0.25) is 0 Å². The van der Waals surface area contributed by atoms with Crippen LogP contribution >= 0.6 is 0 Å². The number of hydrogen-bond acceptors (Lipinski definition) is 5. The summed E-state index contributed by atoms with van der Waals surface area (Å²) in [6, 6.07) is -1.00. The first kappa shape index (κ1) is 11.6. The van der Waals surface area contributed by atoms with Crippen LogP contribution in [0.5, 0.6) is 0 Å². The number of nitrogens with one attached hydrogen (secondary N) is 2. The molecule has 0 aromatic carbocycles. The molecule has 1 aromatic rings. The minimum absolute atomic E-state index is 0.139. The molecular weight excluding hydrogens is 260 g/mol. The van der Waals surface area contributed by atoms with Crippen molar-refractivity contribution in [3.8, 4) is 0 Å². The van der Waals surface area contributed by atoms with Gasteiger partial charge < -0.3 is 16.0 Å². The number of nitrogens with two attached hydrogens (primary N) is 1. The van der Waals surface area contributed by atoms with Gasteiger partial charge >= 0.3 is 0 Å². The van der Waals surface area contributed by atoms with E-state index in [1.165, 1.54) is 12.5 Å². The van der Waals surface area contributed by atoms with E-state index in [1.54, 1.807) is 0 Å². The molecule has 9 heteroatoms. The van der Waals surface area contributed by atoms with E-state index in [-0.39, 0.29) is 6.42 Å². The maximum atomic E-state index is 11.7. The third-order valence-corrected chi connectivity index (χ3v) is 2.75. The summed E-state index contributed by atoms with van der Waals surface area (Å²) in [5, 5.41) is 2.00. The van der Waals surface area contributed by atoms with Crippen molar-refractivity contribution in [2.75, 3.05) is 12.2 Å². The van der Waals surface area contributed by atoms with Gasteiger partial charge in [-0.2, -0.15) is 8.42 Å². The van der Waals surface area contributed by atoms with Gasteiger partial charge in [0, 0.05) is 27.5 Å². The van der Waals surface area contributed by atoms with Crippen molar-refractivity contribution >= 4 is 16.0 Å². The Balaban J connectivity index is 2.51. The Morgan fingerprint density at radius 3 is 3.00 bits per heavy atom. The van der Waals surface area contributed by atoms with Gasteiger partial charge in [-0.3, -0.25) is 9.35 Å². The molecule has 0 aliphatic rings. The van der Waals surface area contributed by atoms with Crippen molar-refractivity contribution in [2.24, 2.45) is 5.73 Å². The SMILES string of the molecule is [2H]C([2H])(CCS(=O)(=O)O)NC(=O)[C@@H](N)Cc1cnc[nH]1. The largest absolute Gasteiger partial charge is 0.355 e. The summed E-state index contributed by atoms with van der Waals surface area (Å²) >= 11 is 0. The number of rotatable bonds is 7. The minimum Gasteiger partial charge on any atom is -0.355 e. The van der Waals surface area contributed by atoms with E-state index in [4.69, 9.17) is 13.0 Å². The molecular formula is C9H16N4O4S. The number of H-pyrrole nitrogens is 1. The predicted molar refractivity (Wildman–Crippen MR) is 64.3 cm³/mol. The van der Waals surface area contributed by atoms with Crippen molar-refractivity contribution in [3.63, 3.8) is 0 Å². The van der Waals surface area contributed by atoms with Gasteiger partial charge in [-0.25, -0.2) is 4.98 Å². The number of carbonyl (C=O) groups is 1. The van der Waals surface area contributed by atoms with Gasteiger partial charge in [-0.05, 0) is 6.42 Å². The molecule has 1 aromatic heterocycles. The predicted octanol–water partition coefficient (Wildman–Crippen LogP) is -1.33. The Kier molecular flexibility index (Phi) is 4.18. The molecule has 102 valence electrons. The van der Waals surface area contributed by atoms with Crippen LogP contribution in [-0.2, 0) is 21.3 Å². The van der Waals surface area contributed by atoms with Crippen LogP contribution in [0.1, 0.15) is 14.9 Å². The number of imidazole rings is 1. The standard InChI is InChI=1S/C9H16N4O4S/c10-8(4-7-5-11-6-13-7)9(14)12-2-1-3-18(15,16)17/h5-6,8H,1-4,10H2,(H,11,13)(H,12,14)(H,15,16,17)/t8-/m0/s1/i2D2. The van der Waals surface area contributed by atoms with E-state index in [0.29, 0.717) is 5.69 Å². The number of carbonyl (C=O) groups excluding carboxylic acids is 1. The maximum Gasteiger partial charge on any atom is 0.264 e. The minimum atomic E-state index is -4.29. The highest BCUT2D eigenvalue weighted by Gasteiger charge is 2.14. The molecule has 1 amide bonds. The summed E-state index contributed by atoms with van der Waals surface area (Å²) < 4.78 is 44.6. The second-order valence-corrected chi connectivity index (χ2v) is 5.16. The highest BCUT2D eigenvalue weighted by atomic mass is 32.2. The first-order chi connectivity index (χ1) is 9.09. The molecule has 1 rings (SSSR count). The molecule has 0 aliphatic carbocycles. The second kappa shape index (κ2) is 6.47. The van der Waals surface area contributed by atoms with Crippen molar-refractivity contribution in [3.05, 3.63) is 18.2 Å². The molecule has 0 spiro atoms. The van der Waals surface area contributed by atoms with E-state index in [9.17, 15) is 13.2 Å². The molecule has 0 bridgehead atoms. The van der Waals surface area contributed by atoms with Gasteiger partial charge in [0.2, 0.25) is 5.91 Å². The molecule has 1 atom stereocenters. The second-order valence-electron chi connectivity index (χ2n) is 3.59. The van der Waals surface area contributed by atoms with E-state index >= 15 is 0 Å². The Hall–Kier alpha value is -1.45. The highest BCUT2D eigenvalue weighted by Crippen LogP contribution is 1.96. The molecule has 5 N–H and O–H groups in total. The monoisotopic (exact) mass is 278 g/mol. The molecule has 0 saturated heterocycles. The number of aromatic amines is 1. The zero-order chi connectivity index (χ0) is 15.4. The maximum absolute atomic E-state index is 11.7. The fourth-order valence-corrected chi connectivity index (χ4v) is 1.51. The summed E-state index contributed by atoms with van der Waals surface area (Å²) in [6.45, 7) is -2.28. The lowest BCUT2D eigenvalue weighted by atomic mass is 10.1. The summed E-state index contributed by atoms with van der Waals surface area (Å²) in [4.78, 5) is 18.2. The fourth-order valence-electron chi connectivity index (χ4n) is 1.15. The van der Waals surface area contributed by atoms with Gasteiger partial charge in [0.15, 0.2) is 0 Å². The third-order valence-electron chi connectivity index (χ3n) is 2.03. The van der Waals surface area contributed by atoms with Crippen LogP contribution in [0.25, 0.3) is 0 Å². The van der Waals surface area contributed by atoms with Gasteiger partial charge in [0.05, 0.1) is 18.1 Å². The average molecular weight is 278 g/mol. The summed E-state index contributed by atoms with van der Waals surface area (Å²) in [6.07, 6.45) is 2.47. The molecule has 18 heavy (non-hydrogen) atoms. The zero-order valence-corrected chi connectivity index (χ0v) is 10.3. The van der Waals surface area contributed by atoms with E-state index in [2.05, 4.69) is 9.97 Å². The molecule has 8 nitrogen and oxygen atoms in total. The van der Waals surface area contributed by atoms with Crippen LogP contribution in [0.15, 0.2) is 12.5 Å². The van der Waals surface area contributed by atoms with Crippen LogP contribution in [-0.4, -0.2) is 47.1 Å². The van der Waals surface area contributed by atoms with Gasteiger partial charge in [-0.15, -0.1) is 0 Å². The molecule has 0 radical (unpaired) electrons. The van der Waals surface area contributed by atoms with Crippen molar-refractivity contribution in [1.82, 2.24) is 15.3 Å². The summed E-state index contributed by atoms with van der Waals surface area (Å²) in [7, 11) is -4.29. The van der Waals surface area contributed by atoms with Crippen molar-refractivity contribution in [2.45, 2.75) is 18.9 Å². The quantitative estimate of drug-likeness (QED) is 0.456. The van der Waals surface area contributed by atoms with Gasteiger partial charge in [-0.1, -0.05) is 0 Å². The smallest absolute Gasteiger partial charge is 0.264 e. The van der Waals surface area contributed by atoms with E-state index in [1.807, 2.05) is 5.32 Å². The third kappa shape index (κ3) is 5.75. The lowest BCUT2D eigenvalue weighted by Crippen LogP contribution is -2.42. The molecule has 0 aliphatic heterocycles. The summed E-state index contributed by atoms with van der Waals surface area (Å²) in [5.41, 5.74) is 6.22. The zero-order valence-electron chi connectivity index (χ0n) is 11.5.